The summed E-state index contributed by atoms with van der Waals surface area (Å²) < 4.78 is 35.8. The van der Waals surface area contributed by atoms with Crippen molar-refractivity contribution in [3.63, 3.8) is 0 Å². The van der Waals surface area contributed by atoms with E-state index in [4.69, 9.17) is 23.2 Å². The van der Waals surface area contributed by atoms with Crippen LogP contribution in [0.2, 0.25) is 10.4 Å². The fourth-order valence-corrected chi connectivity index (χ4v) is 1.50. The Morgan fingerprint density at radius 1 is 1.42 bits per heavy atom. The van der Waals surface area contributed by atoms with Gasteiger partial charge in [0.15, 0.2) is 0 Å². The zero-order chi connectivity index (χ0) is 14.6. The van der Waals surface area contributed by atoms with E-state index in [1.165, 1.54) is 13.0 Å². The summed E-state index contributed by atoms with van der Waals surface area (Å²) in [5.74, 6) is -0.692. The summed E-state index contributed by atoms with van der Waals surface area (Å²) in [6.07, 6.45) is -4.46. The van der Waals surface area contributed by atoms with Gasteiger partial charge < -0.3 is 10.6 Å². The summed E-state index contributed by atoms with van der Waals surface area (Å²) in [6, 6.07) is 0.352. The Balaban J connectivity index is 2.58. The molecule has 0 aliphatic heterocycles. The van der Waals surface area contributed by atoms with Gasteiger partial charge in [-0.1, -0.05) is 11.6 Å². The van der Waals surface area contributed by atoms with Crippen molar-refractivity contribution in [1.29, 1.82) is 0 Å². The first-order valence-corrected chi connectivity index (χ1v) is 5.74. The molecule has 1 atom stereocenters. The number of hydrogen-bond acceptors (Lipinski definition) is 4. The molecule has 106 valence electrons. The number of rotatable bonds is 4. The standard InChI is InChI=1S/C9H9Cl2F3N4O/c1-4(7(19)15-3-9(12,13)14)16-6-2-5(10)17-8(11)18-6/h2,4H,3H2,1H3,(H,15,19)(H,16,17,18). The molecular formula is C9H9Cl2F3N4O. The molecule has 1 unspecified atom stereocenters. The van der Waals surface area contributed by atoms with Gasteiger partial charge >= 0.3 is 6.18 Å². The summed E-state index contributed by atoms with van der Waals surface area (Å²) in [5, 5.41) is 4.20. The van der Waals surface area contributed by atoms with Gasteiger partial charge in [0.2, 0.25) is 11.2 Å². The monoisotopic (exact) mass is 316 g/mol. The van der Waals surface area contributed by atoms with Gasteiger partial charge in [0, 0.05) is 6.07 Å². The van der Waals surface area contributed by atoms with Crippen molar-refractivity contribution < 1.29 is 18.0 Å². The van der Waals surface area contributed by atoms with Gasteiger partial charge in [0.1, 0.15) is 23.6 Å². The van der Waals surface area contributed by atoms with E-state index in [9.17, 15) is 18.0 Å². The highest BCUT2D eigenvalue weighted by Gasteiger charge is 2.28. The van der Waals surface area contributed by atoms with E-state index in [0.717, 1.165) is 0 Å². The molecule has 19 heavy (non-hydrogen) atoms. The van der Waals surface area contributed by atoms with Crippen LogP contribution in [-0.2, 0) is 4.79 Å². The molecule has 0 saturated heterocycles. The van der Waals surface area contributed by atoms with Crippen LogP contribution >= 0.6 is 23.2 Å². The van der Waals surface area contributed by atoms with E-state index in [0.29, 0.717) is 0 Å². The second kappa shape index (κ2) is 6.25. The predicted molar refractivity (Wildman–Crippen MR) is 64.2 cm³/mol. The molecule has 0 spiro atoms. The van der Waals surface area contributed by atoms with E-state index >= 15 is 0 Å². The average Bonchev–Trinajstić information content (AvgIpc) is 2.23. The quantitative estimate of drug-likeness (QED) is 0.660. The highest BCUT2D eigenvalue weighted by atomic mass is 35.5. The Labute approximate surface area is 116 Å². The van der Waals surface area contributed by atoms with Gasteiger partial charge in [-0.15, -0.1) is 0 Å². The van der Waals surface area contributed by atoms with Crippen molar-refractivity contribution in [2.24, 2.45) is 0 Å². The Bertz CT molecular complexity index is 449. The van der Waals surface area contributed by atoms with Crippen molar-refractivity contribution >= 4 is 34.9 Å². The molecule has 0 aromatic carbocycles. The largest absolute Gasteiger partial charge is 0.405 e. The highest BCUT2D eigenvalue weighted by Crippen LogP contribution is 2.15. The number of alkyl halides is 3. The number of nitrogens with one attached hydrogen (secondary N) is 2. The van der Waals surface area contributed by atoms with Crippen LogP contribution in [0.5, 0.6) is 0 Å². The normalized spacial score (nSPS) is 12.9. The zero-order valence-electron chi connectivity index (χ0n) is 9.55. The lowest BCUT2D eigenvalue weighted by atomic mass is 10.3. The second-order valence-corrected chi connectivity index (χ2v) is 4.27. The Morgan fingerprint density at radius 3 is 2.58 bits per heavy atom. The molecule has 1 aromatic heterocycles. The molecule has 0 bridgehead atoms. The number of nitrogens with zero attached hydrogens (tertiary/aromatic N) is 2. The first-order chi connectivity index (χ1) is 8.67. The van der Waals surface area contributed by atoms with Gasteiger partial charge in [-0.2, -0.15) is 13.2 Å². The van der Waals surface area contributed by atoms with Gasteiger partial charge in [-0.05, 0) is 18.5 Å². The summed E-state index contributed by atoms with van der Waals surface area (Å²) in [6.45, 7) is -0.0290. The van der Waals surface area contributed by atoms with E-state index in [1.807, 2.05) is 0 Å². The topological polar surface area (TPSA) is 66.9 Å². The molecule has 0 aliphatic rings. The van der Waals surface area contributed by atoms with Gasteiger partial charge in [-0.3, -0.25) is 4.79 Å². The van der Waals surface area contributed by atoms with Gasteiger partial charge in [0.05, 0.1) is 0 Å². The minimum atomic E-state index is -4.46. The van der Waals surface area contributed by atoms with E-state index in [1.54, 1.807) is 5.32 Å². The Hall–Kier alpha value is -1.28. The lowest BCUT2D eigenvalue weighted by Gasteiger charge is -2.15. The van der Waals surface area contributed by atoms with E-state index < -0.39 is 24.7 Å². The molecule has 0 fully saturated rings. The molecule has 10 heteroatoms. The maximum Gasteiger partial charge on any atom is 0.405 e. The summed E-state index contributed by atoms with van der Waals surface area (Å²) >= 11 is 11.1. The third-order valence-electron chi connectivity index (χ3n) is 1.89. The number of hydrogen-bond donors (Lipinski definition) is 2. The summed E-state index contributed by atoms with van der Waals surface area (Å²) in [7, 11) is 0. The fraction of sp³-hybridized carbons (Fsp3) is 0.444. The SMILES string of the molecule is CC(Nc1cc(Cl)nc(Cl)n1)C(=O)NCC(F)(F)F. The van der Waals surface area contributed by atoms with Gasteiger partial charge in [-0.25, -0.2) is 9.97 Å². The number of halogens is 5. The van der Waals surface area contributed by atoms with Crippen LogP contribution in [0.4, 0.5) is 19.0 Å². The predicted octanol–water partition coefficient (Wildman–Crippen LogP) is 2.26. The number of carbonyl (C=O) groups is 1. The van der Waals surface area contributed by atoms with Crippen LogP contribution in [0.1, 0.15) is 6.92 Å². The highest BCUT2D eigenvalue weighted by molar-refractivity contribution is 6.32. The Kier molecular flexibility index (Phi) is 5.19. The number of aromatic nitrogens is 2. The van der Waals surface area contributed by atoms with Crippen LogP contribution in [0.25, 0.3) is 0 Å². The van der Waals surface area contributed by atoms with E-state index in [2.05, 4.69) is 15.3 Å². The minimum Gasteiger partial charge on any atom is -0.358 e. The van der Waals surface area contributed by atoms with Crippen LogP contribution in [0, 0.1) is 0 Å². The first kappa shape index (κ1) is 15.8. The van der Waals surface area contributed by atoms with Crippen LogP contribution < -0.4 is 10.6 Å². The third-order valence-corrected chi connectivity index (χ3v) is 2.25. The molecule has 0 radical (unpaired) electrons. The summed E-state index contributed by atoms with van der Waals surface area (Å²) in [4.78, 5) is 18.7. The number of carbonyl (C=O) groups excluding carboxylic acids is 1. The minimum absolute atomic E-state index is 0.0467. The smallest absolute Gasteiger partial charge is 0.358 e. The van der Waals surface area contributed by atoms with Gasteiger partial charge in [0.25, 0.3) is 0 Å². The zero-order valence-corrected chi connectivity index (χ0v) is 11.1. The van der Waals surface area contributed by atoms with Crippen molar-refractivity contribution in [2.75, 3.05) is 11.9 Å². The van der Waals surface area contributed by atoms with Crippen LogP contribution in [-0.4, -0.2) is 34.6 Å². The molecule has 1 heterocycles. The maximum atomic E-state index is 11.9. The number of anilines is 1. The molecule has 1 rings (SSSR count). The van der Waals surface area contributed by atoms with Crippen molar-refractivity contribution in [1.82, 2.24) is 15.3 Å². The number of amides is 1. The third kappa shape index (κ3) is 5.93. The van der Waals surface area contributed by atoms with Crippen LogP contribution in [0.3, 0.4) is 0 Å². The van der Waals surface area contributed by atoms with Crippen molar-refractivity contribution in [2.45, 2.75) is 19.1 Å². The molecule has 0 saturated carbocycles. The fourth-order valence-electron chi connectivity index (χ4n) is 1.09. The molecule has 0 aliphatic carbocycles. The molecule has 2 N–H and O–H groups in total. The molecule has 1 aromatic rings. The lowest BCUT2D eigenvalue weighted by molar-refractivity contribution is -0.138. The maximum absolute atomic E-state index is 11.9. The van der Waals surface area contributed by atoms with Crippen molar-refractivity contribution in [3.8, 4) is 0 Å². The lowest BCUT2D eigenvalue weighted by Crippen LogP contribution is -2.42. The summed E-state index contributed by atoms with van der Waals surface area (Å²) in [5.41, 5.74) is 0. The molecule has 5 nitrogen and oxygen atoms in total. The second-order valence-electron chi connectivity index (χ2n) is 3.54. The first-order valence-electron chi connectivity index (χ1n) is 4.98. The Morgan fingerprint density at radius 2 is 2.05 bits per heavy atom. The van der Waals surface area contributed by atoms with E-state index in [-0.39, 0.29) is 16.3 Å². The molecule has 1 amide bonds. The average molecular weight is 317 g/mol. The molecular weight excluding hydrogens is 308 g/mol. The van der Waals surface area contributed by atoms with Crippen LogP contribution in [0.15, 0.2) is 6.07 Å². The van der Waals surface area contributed by atoms with Crippen molar-refractivity contribution in [3.05, 3.63) is 16.5 Å².